The molecule has 3 aromatic rings. The Bertz CT molecular complexity index is 1380. The smallest absolute Gasteiger partial charge is 0.409 e. The molecule has 2 aromatic heterocycles. The number of carboxylic acids is 1. The number of para-hydroxylation sites is 1. The molecule has 3 amide bonds. The molecule has 40 heavy (non-hydrogen) atoms. The van der Waals surface area contributed by atoms with Crippen LogP contribution in [-0.2, 0) is 20.9 Å². The Kier molecular flexibility index (Phi) is 9.15. The number of aromatic nitrogens is 2. The normalized spacial score (nSPS) is 14.1. The lowest BCUT2D eigenvalue weighted by Gasteiger charge is -2.35. The van der Waals surface area contributed by atoms with E-state index in [1.807, 2.05) is 12.1 Å². The van der Waals surface area contributed by atoms with Crippen LogP contribution in [0.4, 0.5) is 4.79 Å². The number of nitrogens with one attached hydrogen (secondary N) is 1. The third-order valence-corrected chi connectivity index (χ3v) is 6.33. The Morgan fingerprint density at radius 3 is 2.50 bits per heavy atom. The summed E-state index contributed by atoms with van der Waals surface area (Å²) < 4.78 is 16.0. The molecule has 0 radical (unpaired) electrons. The molecule has 3 heterocycles. The first kappa shape index (κ1) is 28.3. The van der Waals surface area contributed by atoms with Crippen molar-refractivity contribution in [2.24, 2.45) is 0 Å². The molecule has 0 spiro atoms. The van der Waals surface area contributed by atoms with E-state index in [0.29, 0.717) is 28.1 Å². The number of ether oxygens (including phenoxy) is 2. The zero-order chi connectivity index (χ0) is 28.6. The molecular weight excluding hydrogens is 522 g/mol. The second kappa shape index (κ2) is 12.9. The maximum absolute atomic E-state index is 13.3. The summed E-state index contributed by atoms with van der Waals surface area (Å²) in [6.45, 7) is 4.81. The highest BCUT2D eigenvalue weighted by molar-refractivity contribution is 5.99. The number of amides is 3. The fourth-order valence-electron chi connectivity index (χ4n) is 4.32. The maximum atomic E-state index is 13.3. The minimum Gasteiger partial charge on any atom is -0.486 e. The van der Waals surface area contributed by atoms with Gasteiger partial charge < -0.3 is 34.2 Å². The number of fused-ring (bicyclic) bond motifs is 1. The Hall–Kier alpha value is -4.68. The number of carboxylic acid groups (broad SMARTS) is 1. The number of carbonyl (C=O) groups is 4. The highest BCUT2D eigenvalue weighted by Crippen LogP contribution is 2.26. The monoisotopic (exact) mass is 553 g/mol. The van der Waals surface area contributed by atoms with Gasteiger partial charge in [0.1, 0.15) is 35.5 Å². The van der Waals surface area contributed by atoms with Gasteiger partial charge in [0, 0.05) is 50.1 Å². The maximum Gasteiger partial charge on any atom is 0.409 e. The third kappa shape index (κ3) is 7.04. The quantitative estimate of drug-likeness (QED) is 0.381. The van der Waals surface area contributed by atoms with Gasteiger partial charge in [-0.1, -0.05) is 17.3 Å². The van der Waals surface area contributed by atoms with E-state index in [1.54, 1.807) is 32.0 Å². The first-order valence-electron chi connectivity index (χ1n) is 12.9. The molecule has 1 unspecified atom stereocenters. The van der Waals surface area contributed by atoms with Crippen LogP contribution in [0, 0.1) is 6.92 Å². The topological polar surface area (TPSA) is 164 Å². The first-order valence-corrected chi connectivity index (χ1v) is 12.9. The second-order valence-electron chi connectivity index (χ2n) is 9.21. The van der Waals surface area contributed by atoms with Crippen molar-refractivity contribution in [3.05, 3.63) is 53.5 Å². The average Bonchev–Trinajstić information content (AvgIpc) is 3.38. The molecule has 1 atom stereocenters. The van der Waals surface area contributed by atoms with Gasteiger partial charge in [0.25, 0.3) is 5.91 Å². The predicted octanol–water partition coefficient (Wildman–Crippen LogP) is 2.37. The number of hydrogen-bond donors (Lipinski definition) is 2. The number of aryl methyl sites for hydroxylation is 1. The van der Waals surface area contributed by atoms with Gasteiger partial charge in [0.2, 0.25) is 5.91 Å². The van der Waals surface area contributed by atoms with E-state index in [-0.39, 0.29) is 57.9 Å². The summed E-state index contributed by atoms with van der Waals surface area (Å²) >= 11 is 0. The number of pyridine rings is 1. The number of rotatable bonds is 10. The molecule has 1 aromatic carbocycles. The summed E-state index contributed by atoms with van der Waals surface area (Å²) in [5, 5.41) is 16.5. The van der Waals surface area contributed by atoms with Gasteiger partial charge in [-0.25, -0.2) is 9.78 Å². The Morgan fingerprint density at radius 2 is 1.82 bits per heavy atom. The molecule has 1 aliphatic rings. The van der Waals surface area contributed by atoms with Crippen LogP contribution in [0.3, 0.4) is 0 Å². The summed E-state index contributed by atoms with van der Waals surface area (Å²) in [4.78, 5) is 57.4. The molecule has 13 nitrogen and oxygen atoms in total. The van der Waals surface area contributed by atoms with Crippen molar-refractivity contribution in [2.75, 3.05) is 32.8 Å². The molecule has 4 rings (SSSR count). The minimum atomic E-state index is -1.10. The van der Waals surface area contributed by atoms with E-state index < -0.39 is 29.9 Å². The van der Waals surface area contributed by atoms with Crippen molar-refractivity contribution in [1.82, 2.24) is 25.3 Å². The van der Waals surface area contributed by atoms with E-state index in [0.717, 1.165) is 0 Å². The van der Waals surface area contributed by atoms with Crippen LogP contribution < -0.4 is 10.1 Å². The standard InChI is InChI=1S/C27H31N5O8/c1-3-38-27(37)32-12-10-31(11-13-32)26(36)21(8-9-24(33)34)29-25(35)22-15-23(19-6-4-5-7-20(19)28-22)39-16-18-14-17(2)40-30-18/h4-7,14-15,21H,3,8-13,16H2,1-2H3,(H,29,35)(H,33,34). The lowest BCUT2D eigenvalue weighted by atomic mass is 10.1. The number of piperazine rings is 1. The SMILES string of the molecule is CCOC(=O)N1CCN(C(=O)C(CCC(=O)O)NC(=O)c2cc(OCc3cc(C)on3)c3ccccc3n2)CC1. The Labute approximate surface area is 230 Å². The van der Waals surface area contributed by atoms with E-state index in [1.165, 1.54) is 15.9 Å². The third-order valence-electron chi connectivity index (χ3n) is 6.33. The molecule has 1 fully saturated rings. The van der Waals surface area contributed by atoms with Gasteiger partial charge in [0.05, 0.1) is 12.1 Å². The van der Waals surface area contributed by atoms with Crippen LogP contribution in [0.5, 0.6) is 5.75 Å². The largest absolute Gasteiger partial charge is 0.486 e. The summed E-state index contributed by atoms with van der Waals surface area (Å²) in [5.41, 5.74) is 1.09. The van der Waals surface area contributed by atoms with E-state index in [4.69, 9.17) is 14.0 Å². The zero-order valence-electron chi connectivity index (χ0n) is 22.3. The molecule has 0 bridgehead atoms. The zero-order valence-corrected chi connectivity index (χ0v) is 22.3. The number of hydrogen-bond acceptors (Lipinski definition) is 9. The highest BCUT2D eigenvalue weighted by atomic mass is 16.6. The molecular formula is C27H31N5O8. The summed E-state index contributed by atoms with van der Waals surface area (Å²) in [6, 6.07) is 9.24. The molecule has 1 saturated heterocycles. The van der Waals surface area contributed by atoms with Gasteiger partial charge in [0.15, 0.2) is 0 Å². The van der Waals surface area contributed by atoms with E-state index in [2.05, 4.69) is 15.5 Å². The van der Waals surface area contributed by atoms with Crippen molar-refractivity contribution in [3.8, 4) is 5.75 Å². The Morgan fingerprint density at radius 1 is 1.10 bits per heavy atom. The number of carbonyl (C=O) groups excluding carboxylic acids is 3. The molecule has 212 valence electrons. The first-order chi connectivity index (χ1) is 19.2. The van der Waals surface area contributed by atoms with Gasteiger partial charge >= 0.3 is 12.1 Å². The number of aliphatic carboxylic acids is 1. The summed E-state index contributed by atoms with van der Waals surface area (Å²) in [6.07, 6.45) is -0.888. The van der Waals surface area contributed by atoms with E-state index in [9.17, 15) is 24.3 Å². The molecule has 1 aliphatic heterocycles. The average molecular weight is 554 g/mol. The second-order valence-corrected chi connectivity index (χ2v) is 9.21. The van der Waals surface area contributed by atoms with Crippen LogP contribution >= 0.6 is 0 Å². The van der Waals surface area contributed by atoms with Crippen molar-refractivity contribution < 1.29 is 38.3 Å². The van der Waals surface area contributed by atoms with Crippen molar-refractivity contribution in [1.29, 1.82) is 0 Å². The molecule has 13 heteroatoms. The number of nitrogens with zero attached hydrogens (tertiary/aromatic N) is 4. The highest BCUT2D eigenvalue weighted by Gasteiger charge is 2.31. The molecule has 2 N–H and O–H groups in total. The van der Waals surface area contributed by atoms with Gasteiger partial charge in [-0.15, -0.1) is 0 Å². The summed E-state index contributed by atoms with van der Waals surface area (Å²) in [5.74, 6) is -1.15. The van der Waals surface area contributed by atoms with Crippen molar-refractivity contribution in [2.45, 2.75) is 39.3 Å². The van der Waals surface area contributed by atoms with Crippen LogP contribution in [-0.4, -0.2) is 87.8 Å². The van der Waals surface area contributed by atoms with Crippen LogP contribution in [0.2, 0.25) is 0 Å². The van der Waals surface area contributed by atoms with Gasteiger partial charge in [-0.3, -0.25) is 14.4 Å². The van der Waals surface area contributed by atoms with Crippen molar-refractivity contribution in [3.63, 3.8) is 0 Å². The molecule has 0 saturated carbocycles. The number of benzene rings is 1. The predicted molar refractivity (Wildman–Crippen MR) is 141 cm³/mol. The van der Waals surface area contributed by atoms with Crippen LogP contribution in [0.1, 0.15) is 41.7 Å². The van der Waals surface area contributed by atoms with Gasteiger partial charge in [-0.05, 0) is 32.4 Å². The fourth-order valence-corrected chi connectivity index (χ4v) is 4.32. The minimum absolute atomic E-state index is 0.00490. The van der Waals surface area contributed by atoms with Crippen molar-refractivity contribution >= 4 is 34.8 Å². The van der Waals surface area contributed by atoms with E-state index >= 15 is 0 Å². The Balaban J connectivity index is 1.50. The summed E-state index contributed by atoms with van der Waals surface area (Å²) in [7, 11) is 0. The lowest BCUT2D eigenvalue weighted by molar-refractivity contribution is -0.138. The van der Waals surface area contributed by atoms with Crippen LogP contribution in [0.25, 0.3) is 10.9 Å². The van der Waals surface area contributed by atoms with Gasteiger partial charge in [-0.2, -0.15) is 0 Å². The fraction of sp³-hybridized carbons (Fsp3) is 0.407. The van der Waals surface area contributed by atoms with Crippen LogP contribution in [0.15, 0.2) is 40.9 Å². The lowest BCUT2D eigenvalue weighted by Crippen LogP contribution is -2.56. The molecule has 0 aliphatic carbocycles.